The molecule has 0 fully saturated rings. The molecule has 2 aromatic rings. The molecular formula is C18H23N3O. The molecule has 4 nitrogen and oxygen atoms in total. The van der Waals surface area contributed by atoms with E-state index in [0.29, 0.717) is 12.1 Å². The summed E-state index contributed by atoms with van der Waals surface area (Å²) in [6, 6.07) is 11.6. The average Bonchev–Trinajstić information content (AvgIpc) is 2.59. The van der Waals surface area contributed by atoms with E-state index in [1.54, 1.807) is 12.4 Å². The molecule has 0 spiro atoms. The van der Waals surface area contributed by atoms with Crippen molar-refractivity contribution >= 4 is 5.91 Å². The van der Waals surface area contributed by atoms with Gasteiger partial charge < -0.3 is 5.32 Å². The van der Waals surface area contributed by atoms with Crippen LogP contribution in [-0.2, 0) is 13.1 Å². The largest absolute Gasteiger partial charge is 0.348 e. The van der Waals surface area contributed by atoms with Crippen LogP contribution < -0.4 is 5.32 Å². The fourth-order valence-corrected chi connectivity index (χ4v) is 2.25. The molecule has 0 atom stereocenters. The van der Waals surface area contributed by atoms with Crippen molar-refractivity contribution in [3.05, 3.63) is 65.5 Å². The predicted molar refractivity (Wildman–Crippen MR) is 88.5 cm³/mol. The highest BCUT2D eigenvalue weighted by molar-refractivity contribution is 5.94. The molecule has 0 saturated heterocycles. The van der Waals surface area contributed by atoms with Crippen molar-refractivity contribution in [2.45, 2.75) is 26.9 Å². The Morgan fingerprint density at radius 1 is 1.09 bits per heavy atom. The van der Waals surface area contributed by atoms with Crippen LogP contribution in [0.25, 0.3) is 0 Å². The third-order valence-corrected chi connectivity index (χ3v) is 3.69. The van der Waals surface area contributed by atoms with Gasteiger partial charge in [-0.1, -0.05) is 32.0 Å². The van der Waals surface area contributed by atoms with Gasteiger partial charge in [0.1, 0.15) is 0 Å². The van der Waals surface area contributed by atoms with Crippen LogP contribution in [0, 0.1) is 0 Å². The van der Waals surface area contributed by atoms with Crippen molar-refractivity contribution in [1.29, 1.82) is 0 Å². The molecule has 1 N–H and O–H groups in total. The zero-order valence-corrected chi connectivity index (χ0v) is 13.2. The average molecular weight is 297 g/mol. The molecule has 0 radical (unpaired) electrons. The Labute approximate surface area is 132 Å². The third-order valence-electron chi connectivity index (χ3n) is 3.69. The summed E-state index contributed by atoms with van der Waals surface area (Å²) in [5.41, 5.74) is 2.91. The highest BCUT2D eigenvalue weighted by Crippen LogP contribution is 2.08. The fraction of sp³-hybridized carbons (Fsp3) is 0.333. The molecule has 0 bridgehead atoms. The molecule has 0 aliphatic heterocycles. The van der Waals surface area contributed by atoms with Gasteiger partial charge in [-0.05, 0) is 42.4 Å². The Balaban J connectivity index is 1.90. The summed E-state index contributed by atoms with van der Waals surface area (Å²) in [5, 5.41) is 2.91. The van der Waals surface area contributed by atoms with Gasteiger partial charge in [0.2, 0.25) is 0 Å². The summed E-state index contributed by atoms with van der Waals surface area (Å²) < 4.78 is 0. The van der Waals surface area contributed by atoms with Crippen molar-refractivity contribution < 1.29 is 4.79 Å². The van der Waals surface area contributed by atoms with Crippen molar-refractivity contribution in [2.75, 3.05) is 13.1 Å². The number of aromatic nitrogens is 1. The number of hydrogen-bond acceptors (Lipinski definition) is 3. The molecule has 116 valence electrons. The zero-order chi connectivity index (χ0) is 15.8. The second-order valence-corrected chi connectivity index (χ2v) is 5.20. The molecule has 0 aliphatic rings. The topological polar surface area (TPSA) is 45.2 Å². The summed E-state index contributed by atoms with van der Waals surface area (Å²) in [7, 11) is 0. The number of carbonyl (C=O) groups excluding carboxylic acids is 1. The van der Waals surface area contributed by atoms with Gasteiger partial charge in [0, 0.05) is 31.0 Å². The number of amides is 1. The molecule has 1 aromatic heterocycles. The van der Waals surface area contributed by atoms with E-state index in [2.05, 4.69) is 29.0 Å². The number of hydrogen-bond donors (Lipinski definition) is 1. The second kappa shape index (κ2) is 8.29. The molecule has 2 rings (SSSR count). The normalized spacial score (nSPS) is 10.7. The number of pyridine rings is 1. The van der Waals surface area contributed by atoms with Crippen LogP contribution in [0.15, 0.2) is 48.8 Å². The number of carbonyl (C=O) groups is 1. The fourth-order valence-electron chi connectivity index (χ4n) is 2.25. The van der Waals surface area contributed by atoms with Gasteiger partial charge in [0.25, 0.3) is 5.91 Å². The molecule has 4 heteroatoms. The van der Waals surface area contributed by atoms with E-state index >= 15 is 0 Å². The van der Waals surface area contributed by atoms with E-state index in [1.165, 1.54) is 5.56 Å². The number of nitrogens with one attached hydrogen (secondary N) is 1. The van der Waals surface area contributed by atoms with Gasteiger partial charge in [-0.3, -0.25) is 14.7 Å². The summed E-state index contributed by atoms with van der Waals surface area (Å²) in [6.45, 7) is 7.79. The molecule has 22 heavy (non-hydrogen) atoms. The molecule has 1 aromatic carbocycles. The quantitative estimate of drug-likeness (QED) is 0.854. The molecule has 1 heterocycles. The van der Waals surface area contributed by atoms with E-state index in [0.717, 1.165) is 25.2 Å². The first-order valence-electron chi connectivity index (χ1n) is 7.71. The van der Waals surface area contributed by atoms with Gasteiger partial charge in [-0.25, -0.2) is 0 Å². The lowest BCUT2D eigenvalue weighted by Crippen LogP contribution is -2.23. The number of nitrogens with zero attached hydrogens (tertiary/aromatic N) is 2. The van der Waals surface area contributed by atoms with Crippen molar-refractivity contribution in [2.24, 2.45) is 0 Å². The van der Waals surface area contributed by atoms with E-state index in [-0.39, 0.29) is 5.91 Å². The van der Waals surface area contributed by atoms with Gasteiger partial charge in [0.05, 0.1) is 0 Å². The maximum atomic E-state index is 12.1. The second-order valence-electron chi connectivity index (χ2n) is 5.20. The molecule has 0 aliphatic carbocycles. The van der Waals surface area contributed by atoms with Crippen LogP contribution in [0.3, 0.4) is 0 Å². The summed E-state index contributed by atoms with van der Waals surface area (Å²) in [6.07, 6.45) is 3.48. The van der Waals surface area contributed by atoms with Gasteiger partial charge in [0.15, 0.2) is 0 Å². The maximum Gasteiger partial charge on any atom is 0.251 e. The van der Waals surface area contributed by atoms with Crippen LogP contribution in [0.5, 0.6) is 0 Å². The Bertz CT molecular complexity index is 577. The Kier molecular flexibility index (Phi) is 6.10. The number of rotatable bonds is 7. The Hall–Kier alpha value is -2.20. The standard InChI is InChI=1S/C18H23N3O/c1-3-21(4-2)14-15-7-9-17(10-8-15)18(22)20-13-16-6-5-11-19-12-16/h5-12H,3-4,13-14H2,1-2H3,(H,20,22). The highest BCUT2D eigenvalue weighted by atomic mass is 16.1. The predicted octanol–water partition coefficient (Wildman–Crippen LogP) is 2.85. The SMILES string of the molecule is CCN(CC)Cc1ccc(C(=O)NCc2cccnc2)cc1. The van der Waals surface area contributed by atoms with Crippen molar-refractivity contribution in [3.63, 3.8) is 0 Å². The van der Waals surface area contributed by atoms with E-state index in [4.69, 9.17) is 0 Å². The minimum Gasteiger partial charge on any atom is -0.348 e. The first-order chi connectivity index (χ1) is 10.7. The lowest BCUT2D eigenvalue weighted by Gasteiger charge is -2.18. The van der Waals surface area contributed by atoms with Crippen LogP contribution >= 0.6 is 0 Å². The van der Waals surface area contributed by atoms with Crippen LogP contribution in [0.2, 0.25) is 0 Å². The summed E-state index contributed by atoms with van der Waals surface area (Å²) in [4.78, 5) is 18.5. The van der Waals surface area contributed by atoms with Crippen LogP contribution in [0.1, 0.15) is 35.3 Å². The van der Waals surface area contributed by atoms with Gasteiger partial charge in [-0.2, -0.15) is 0 Å². The van der Waals surface area contributed by atoms with Gasteiger partial charge >= 0.3 is 0 Å². The molecular weight excluding hydrogens is 274 g/mol. The van der Waals surface area contributed by atoms with Crippen molar-refractivity contribution in [3.8, 4) is 0 Å². The van der Waals surface area contributed by atoms with E-state index in [9.17, 15) is 4.79 Å². The molecule has 0 unspecified atom stereocenters. The Morgan fingerprint density at radius 2 is 1.82 bits per heavy atom. The minimum atomic E-state index is -0.0572. The lowest BCUT2D eigenvalue weighted by molar-refractivity contribution is 0.0951. The first-order valence-corrected chi connectivity index (χ1v) is 7.71. The first kappa shape index (κ1) is 16.2. The highest BCUT2D eigenvalue weighted by Gasteiger charge is 2.06. The summed E-state index contributed by atoms with van der Waals surface area (Å²) in [5.74, 6) is -0.0572. The van der Waals surface area contributed by atoms with Crippen molar-refractivity contribution in [1.82, 2.24) is 15.2 Å². The van der Waals surface area contributed by atoms with E-state index < -0.39 is 0 Å². The third kappa shape index (κ3) is 4.67. The molecule has 0 saturated carbocycles. The maximum absolute atomic E-state index is 12.1. The van der Waals surface area contributed by atoms with E-state index in [1.807, 2.05) is 36.4 Å². The van der Waals surface area contributed by atoms with Gasteiger partial charge in [-0.15, -0.1) is 0 Å². The monoisotopic (exact) mass is 297 g/mol. The zero-order valence-electron chi connectivity index (χ0n) is 13.2. The molecule has 1 amide bonds. The lowest BCUT2D eigenvalue weighted by atomic mass is 10.1. The summed E-state index contributed by atoms with van der Waals surface area (Å²) >= 11 is 0. The number of benzene rings is 1. The van der Waals surface area contributed by atoms with Crippen LogP contribution in [0.4, 0.5) is 0 Å². The van der Waals surface area contributed by atoms with Crippen LogP contribution in [-0.4, -0.2) is 28.9 Å². The smallest absolute Gasteiger partial charge is 0.251 e. The Morgan fingerprint density at radius 3 is 2.41 bits per heavy atom. The minimum absolute atomic E-state index is 0.0572.